The summed E-state index contributed by atoms with van der Waals surface area (Å²) in [6, 6.07) is 1.13. The number of aromatic carboxylic acids is 1. The Balaban J connectivity index is 2.06. The maximum Gasteiger partial charge on any atom is 0.352 e. The average molecular weight is 298 g/mol. The summed E-state index contributed by atoms with van der Waals surface area (Å²) >= 11 is 0. The number of hydrogen-bond acceptors (Lipinski definition) is 4. The summed E-state index contributed by atoms with van der Waals surface area (Å²) < 4.78 is 27.7. The number of H-pyrrole nitrogens is 1. The Kier molecular flexibility index (Phi) is 3.91. The fourth-order valence-corrected chi connectivity index (χ4v) is 2.82. The molecule has 0 aliphatic rings. The SMILES string of the molecule is Cn1cc(S(=O)(=O)NCCc2cnc[nH]2)cc1C(=O)O. The molecular formula is C11H14N4O4S. The number of aryl methyl sites for hydroxylation is 1. The van der Waals surface area contributed by atoms with Crippen molar-refractivity contribution in [3.05, 3.63) is 36.2 Å². The molecule has 0 aliphatic heterocycles. The summed E-state index contributed by atoms with van der Waals surface area (Å²) in [4.78, 5) is 17.5. The Morgan fingerprint density at radius 3 is 2.85 bits per heavy atom. The molecule has 20 heavy (non-hydrogen) atoms. The van der Waals surface area contributed by atoms with Gasteiger partial charge in [-0.05, 0) is 6.07 Å². The van der Waals surface area contributed by atoms with Gasteiger partial charge < -0.3 is 14.7 Å². The van der Waals surface area contributed by atoms with Gasteiger partial charge in [0, 0.05) is 38.1 Å². The molecule has 2 aromatic rings. The van der Waals surface area contributed by atoms with Crippen molar-refractivity contribution in [1.29, 1.82) is 0 Å². The summed E-state index contributed by atoms with van der Waals surface area (Å²) in [6.45, 7) is 0.196. The van der Waals surface area contributed by atoms with Crippen molar-refractivity contribution in [1.82, 2.24) is 19.3 Å². The molecule has 0 bridgehead atoms. The van der Waals surface area contributed by atoms with E-state index in [-0.39, 0.29) is 17.1 Å². The van der Waals surface area contributed by atoms with E-state index in [0.717, 1.165) is 11.8 Å². The molecule has 2 heterocycles. The molecule has 108 valence electrons. The molecule has 2 aromatic heterocycles. The van der Waals surface area contributed by atoms with Gasteiger partial charge in [-0.2, -0.15) is 0 Å². The normalized spacial score (nSPS) is 11.7. The first-order valence-electron chi connectivity index (χ1n) is 5.77. The van der Waals surface area contributed by atoms with E-state index in [9.17, 15) is 13.2 Å². The van der Waals surface area contributed by atoms with E-state index < -0.39 is 16.0 Å². The third-order valence-electron chi connectivity index (χ3n) is 2.75. The number of aromatic nitrogens is 3. The lowest BCUT2D eigenvalue weighted by Crippen LogP contribution is -2.25. The minimum absolute atomic E-state index is 0.0676. The van der Waals surface area contributed by atoms with Crippen LogP contribution in [0.15, 0.2) is 29.7 Å². The van der Waals surface area contributed by atoms with Crippen molar-refractivity contribution >= 4 is 16.0 Å². The van der Waals surface area contributed by atoms with Crippen LogP contribution in [0, 0.1) is 0 Å². The van der Waals surface area contributed by atoms with Crippen LogP contribution in [-0.4, -0.2) is 40.6 Å². The maximum absolute atomic E-state index is 12.0. The number of aromatic amines is 1. The Labute approximate surface area is 115 Å². The molecule has 0 fully saturated rings. The summed E-state index contributed by atoms with van der Waals surface area (Å²) in [6.07, 6.45) is 4.86. The van der Waals surface area contributed by atoms with Crippen molar-refractivity contribution in [2.45, 2.75) is 11.3 Å². The van der Waals surface area contributed by atoms with Crippen LogP contribution >= 0.6 is 0 Å². The minimum atomic E-state index is -3.72. The quantitative estimate of drug-likeness (QED) is 0.692. The zero-order valence-corrected chi connectivity index (χ0v) is 11.5. The topological polar surface area (TPSA) is 117 Å². The molecule has 0 atom stereocenters. The van der Waals surface area contributed by atoms with Crippen LogP contribution in [0.2, 0.25) is 0 Å². The van der Waals surface area contributed by atoms with E-state index in [0.29, 0.717) is 6.42 Å². The second-order valence-electron chi connectivity index (χ2n) is 4.20. The molecule has 0 radical (unpaired) electrons. The fourth-order valence-electron chi connectivity index (χ4n) is 1.72. The molecule has 0 saturated carbocycles. The van der Waals surface area contributed by atoms with Gasteiger partial charge in [0.25, 0.3) is 0 Å². The predicted octanol–water partition coefficient (Wildman–Crippen LogP) is -0.0326. The van der Waals surface area contributed by atoms with Gasteiger partial charge in [0.15, 0.2) is 0 Å². The molecule has 0 saturated heterocycles. The molecule has 9 heteroatoms. The highest BCUT2D eigenvalue weighted by molar-refractivity contribution is 7.89. The molecule has 0 aromatic carbocycles. The molecular weight excluding hydrogens is 284 g/mol. The van der Waals surface area contributed by atoms with Gasteiger partial charge in [-0.25, -0.2) is 22.9 Å². The maximum atomic E-state index is 12.0. The Bertz CT molecular complexity index is 703. The molecule has 8 nitrogen and oxygen atoms in total. The Morgan fingerprint density at radius 2 is 2.30 bits per heavy atom. The fraction of sp³-hybridized carbons (Fsp3) is 0.273. The van der Waals surface area contributed by atoms with E-state index in [4.69, 9.17) is 5.11 Å². The smallest absolute Gasteiger partial charge is 0.352 e. The van der Waals surface area contributed by atoms with E-state index >= 15 is 0 Å². The highest BCUT2D eigenvalue weighted by atomic mass is 32.2. The number of carboxylic acid groups (broad SMARTS) is 1. The van der Waals surface area contributed by atoms with Crippen LogP contribution in [0.4, 0.5) is 0 Å². The van der Waals surface area contributed by atoms with Crippen LogP contribution in [0.3, 0.4) is 0 Å². The van der Waals surface area contributed by atoms with E-state index in [2.05, 4.69) is 14.7 Å². The number of nitrogens with zero attached hydrogens (tertiary/aromatic N) is 2. The Morgan fingerprint density at radius 1 is 1.55 bits per heavy atom. The predicted molar refractivity (Wildman–Crippen MR) is 69.9 cm³/mol. The van der Waals surface area contributed by atoms with Gasteiger partial charge in [0.1, 0.15) is 10.6 Å². The van der Waals surface area contributed by atoms with Gasteiger partial charge in [0.05, 0.1) is 6.33 Å². The number of imidazole rings is 1. The summed E-state index contributed by atoms with van der Waals surface area (Å²) in [7, 11) is -2.24. The van der Waals surface area contributed by atoms with Gasteiger partial charge in [-0.3, -0.25) is 0 Å². The summed E-state index contributed by atoms with van der Waals surface area (Å²) in [5.41, 5.74) is 0.728. The zero-order chi connectivity index (χ0) is 14.8. The lowest BCUT2D eigenvalue weighted by molar-refractivity contribution is 0.0686. The number of rotatable bonds is 6. The van der Waals surface area contributed by atoms with Crippen molar-refractivity contribution < 1.29 is 18.3 Å². The van der Waals surface area contributed by atoms with Crippen LogP contribution in [0.5, 0.6) is 0 Å². The minimum Gasteiger partial charge on any atom is -0.477 e. The van der Waals surface area contributed by atoms with Gasteiger partial charge in [-0.1, -0.05) is 0 Å². The van der Waals surface area contributed by atoms with Gasteiger partial charge in [0.2, 0.25) is 10.0 Å². The van der Waals surface area contributed by atoms with Crippen molar-refractivity contribution in [2.24, 2.45) is 7.05 Å². The first-order valence-corrected chi connectivity index (χ1v) is 7.25. The first-order chi connectivity index (χ1) is 9.40. The van der Waals surface area contributed by atoms with Gasteiger partial charge >= 0.3 is 5.97 Å². The number of carboxylic acids is 1. The van der Waals surface area contributed by atoms with Gasteiger partial charge in [-0.15, -0.1) is 0 Å². The first kappa shape index (κ1) is 14.3. The molecule has 0 amide bonds. The largest absolute Gasteiger partial charge is 0.477 e. The zero-order valence-electron chi connectivity index (χ0n) is 10.7. The van der Waals surface area contributed by atoms with E-state index in [1.165, 1.54) is 24.1 Å². The van der Waals surface area contributed by atoms with Crippen LogP contribution in [0.1, 0.15) is 16.2 Å². The van der Waals surface area contributed by atoms with Crippen LogP contribution < -0.4 is 4.72 Å². The van der Waals surface area contributed by atoms with Crippen molar-refractivity contribution in [3.63, 3.8) is 0 Å². The standard InChI is InChI=1S/C11H14N4O4S/c1-15-6-9(4-10(15)11(16)17)20(18,19)14-3-2-8-5-12-7-13-8/h4-7,14H,2-3H2,1H3,(H,12,13)(H,16,17). The summed E-state index contributed by atoms with van der Waals surface area (Å²) in [5, 5.41) is 8.90. The Hall–Kier alpha value is -2.13. The number of sulfonamides is 1. The van der Waals surface area contributed by atoms with E-state index in [1.54, 1.807) is 6.20 Å². The molecule has 2 rings (SSSR count). The molecule has 0 unspecified atom stereocenters. The third kappa shape index (κ3) is 3.06. The number of hydrogen-bond donors (Lipinski definition) is 3. The van der Waals surface area contributed by atoms with E-state index in [1.807, 2.05) is 0 Å². The molecule has 3 N–H and O–H groups in total. The molecule has 0 aliphatic carbocycles. The van der Waals surface area contributed by atoms with Crippen molar-refractivity contribution in [3.8, 4) is 0 Å². The third-order valence-corrected chi connectivity index (χ3v) is 4.18. The van der Waals surface area contributed by atoms with Crippen LogP contribution in [-0.2, 0) is 23.5 Å². The average Bonchev–Trinajstić information content (AvgIpc) is 2.98. The molecule has 0 spiro atoms. The highest BCUT2D eigenvalue weighted by Crippen LogP contribution is 2.13. The lowest BCUT2D eigenvalue weighted by Gasteiger charge is -2.03. The lowest BCUT2D eigenvalue weighted by atomic mass is 10.3. The second-order valence-corrected chi connectivity index (χ2v) is 5.97. The van der Waals surface area contributed by atoms with Crippen LogP contribution in [0.25, 0.3) is 0 Å². The second kappa shape index (κ2) is 5.47. The number of nitrogens with one attached hydrogen (secondary N) is 2. The van der Waals surface area contributed by atoms with Crippen molar-refractivity contribution in [2.75, 3.05) is 6.54 Å². The highest BCUT2D eigenvalue weighted by Gasteiger charge is 2.19. The number of carbonyl (C=O) groups is 1. The monoisotopic (exact) mass is 298 g/mol. The summed E-state index contributed by atoms with van der Waals surface area (Å²) in [5.74, 6) is -1.17.